The molecule has 128 valence electrons. The molecule has 0 aliphatic heterocycles. The van der Waals surface area contributed by atoms with Gasteiger partial charge in [0.2, 0.25) is 0 Å². The molecule has 2 heterocycles. The minimum absolute atomic E-state index is 0.408. The second kappa shape index (κ2) is 6.83. The molecular weight excluding hydrogens is 352 g/mol. The monoisotopic (exact) mass is 370 g/mol. The number of thiazole rings is 1. The highest BCUT2D eigenvalue weighted by Crippen LogP contribution is 2.37. The van der Waals surface area contributed by atoms with Crippen molar-refractivity contribution in [2.24, 2.45) is 5.73 Å². The lowest BCUT2D eigenvalue weighted by atomic mass is 9.82. The number of hydrogen-bond acceptors (Lipinski definition) is 5. The zero-order chi connectivity index (χ0) is 17.3. The maximum atomic E-state index is 6.62. The number of halogens is 1. The summed E-state index contributed by atoms with van der Waals surface area (Å²) in [6, 6.07) is 9.66. The van der Waals surface area contributed by atoms with Crippen LogP contribution in [-0.2, 0) is 5.54 Å². The van der Waals surface area contributed by atoms with Crippen molar-refractivity contribution in [3.05, 3.63) is 52.9 Å². The van der Waals surface area contributed by atoms with E-state index in [2.05, 4.69) is 9.97 Å². The van der Waals surface area contributed by atoms with Gasteiger partial charge in [-0.25, -0.2) is 15.0 Å². The summed E-state index contributed by atoms with van der Waals surface area (Å²) < 4.78 is 0. The molecule has 1 aliphatic carbocycles. The Balaban J connectivity index is 1.74. The van der Waals surface area contributed by atoms with E-state index >= 15 is 0 Å². The molecule has 4 rings (SSSR count). The highest BCUT2D eigenvalue weighted by atomic mass is 35.5. The van der Waals surface area contributed by atoms with Crippen LogP contribution in [0.4, 0.5) is 0 Å². The maximum absolute atomic E-state index is 6.62. The van der Waals surface area contributed by atoms with Crippen molar-refractivity contribution in [3.8, 4) is 21.8 Å². The van der Waals surface area contributed by atoms with Gasteiger partial charge in [0.15, 0.2) is 0 Å². The van der Waals surface area contributed by atoms with Gasteiger partial charge in [-0.1, -0.05) is 43.0 Å². The van der Waals surface area contributed by atoms with Gasteiger partial charge in [0.1, 0.15) is 5.82 Å². The fourth-order valence-electron chi connectivity index (χ4n) is 3.40. The lowest BCUT2D eigenvalue weighted by Crippen LogP contribution is -2.40. The van der Waals surface area contributed by atoms with Crippen LogP contribution in [0.2, 0.25) is 5.02 Å². The highest BCUT2D eigenvalue weighted by Gasteiger charge is 2.32. The van der Waals surface area contributed by atoms with Crippen molar-refractivity contribution < 1.29 is 0 Å². The summed E-state index contributed by atoms with van der Waals surface area (Å²) in [6.45, 7) is 0. The quantitative estimate of drug-likeness (QED) is 0.701. The van der Waals surface area contributed by atoms with E-state index in [1.165, 1.54) is 6.42 Å². The average molecular weight is 371 g/mol. The standard InChI is InChI=1S/C19H19ClN4S/c20-14-6-4-5-13(11-14)16-17(25-12-23-16)15-7-10-22-18(24-15)19(21)8-2-1-3-9-19/h4-7,10-12H,1-3,8-9,21H2. The van der Waals surface area contributed by atoms with Crippen molar-refractivity contribution in [2.45, 2.75) is 37.6 Å². The van der Waals surface area contributed by atoms with Crippen LogP contribution in [0, 0.1) is 0 Å². The molecule has 0 unspecified atom stereocenters. The van der Waals surface area contributed by atoms with Gasteiger partial charge < -0.3 is 5.73 Å². The summed E-state index contributed by atoms with van der Waals surface area (Å²) >= 11 is 7.71. The molecule has 1 aliphatic rings. The third-order valence-electron chi connectivity index (χ3n) is 4.74. The molecule has 1 fully saturated rings. The van der Waals surface area contributed by atoms with Gasteiger partial charge in [0.25, 0.3) is 0 Å². The van der Waals surface area contributed by atoms with E-state index in [0.717, 1.165) is 53.3 Å². The fraction of sp³-hybridized carbons (Fsp3) is 0.316. The maximum Gasteiger partial charge on any atom is 0.148 e. The first-order valence-electron chi connectivity index (χ1n) is 8.48. The topological polar surface area (TPSA) is 64.7 Å². The van der Waals surface area contributed by atoms with E-state index in [9.17, 15) is 0 Å². The largest absolute Gasteiger partial charge is 0.319 e. The van der Waals surface area contributed by atoms with Gasteiger partial charge in [0.05, 0.1) is 27.3 Å². The number of benzene rings is 1. The van der Waals surface area contributed by atoms with Crippen molar-refractivity contribution >= 4 is 22.9 Å². The number of nitrogens with two attached hydrogens (primary N) is 1. The van der Waals surface area contributed by atoms with Gasteiger partial charge >= 0.3 is 0 Å². The predicted octanol–water partition coefficient (Wildman–Crippen LogP) is 5.04. The third-order valence-corrected chi connectivity index (χ3v) is 5.83. The zero-order valence-electron chi connectivity index (χ0n) is 13.8. The van der Waals surface area contributed by atoms with Crippen LogP contribution in [0.1, 0.15) is 37.9 Å². The molecule has 0 atom stereocenters. The minimum atomic E-state index is -0.408. The van der Waals surface area contributed by atoms with Gasteiger partial charge in [-0.05, 0) is 31.0 Å². The van der Waals surface area contributed by atoms with Crippen molar-refractivity contribution in [3.63, 3.8) is 0 Å². The van der Waals surface area contributed by atoms with Crippen LogP contribution in [0.15, 0.2) is 42.0 Å². The molecule has 25 heavy (non-hydrogen) atoms. The first-order valence-corrected chi connectivity index (χ1v) is 9.74. The SMILES string of the molecule is NC1(c2nccc(-c3scnc3-c3cccc(Cl)c3)n2)CCCCC1. The molecule has 0 spiro atoms. The van der Waals surface area contributed by atoms with Gasteiger partial charge in [-0.15, -0.1) is 11.3 Å². The Labute approximate surface area is 156 Å². The van der Waals surface area contributed by atoms with Crippen molar-refractivity contribution in [2.75, 3.05) is 0 Å². The van der Waals surface area contributed by atoms with E-state index in [0.29, 0.717) is 5.02 Å². The summed E-state index contributed by atoms with van der Waals surface area (Å²) in [5.41, 5.74) is 10.8. The average Bonchev–Trinajstić information content (AvgIpc) is 3.12. The summed E-state index contributed by atoms with van der Waals surface area (Å²) in [6.07, 6.45) is 7.21. The first-order chi connectivity index (χ1) is 12.2. The number of nitrogens with zero attached hydrogens (tertiary/aromatic N) is 3. The molecule has 3 aromatic rings. The predicted molar refractivity (Wildman–Crippen MR) is 103 cm³/mol. The number of aromatic nitrogens is 3. The Hall–Kier alpha value is -1.82. The van der Waals surface area contributed by atoms with Crippen molar-refractivity contribution in [1.82, 2.24) is 15.0 Å². The third kappa shape index (κ3) is 3.32. The molecule has 1 saturated carbocycles. The van der Waals surface area contributed by atoms with Gasteiger partial charge in [0, 0.05) is 16.8 Å². The second-order valence-corrected chi connectivity index (χ2v) is 7.81. The molecule has 0 saturated heterocycles. The number of rotatable bonds is 3. The van der Waals surface area contributed by atoms with Crippen LogP contribution < -0.4 is 5.73 Å². The Morgan fingerprint density at radius 2 is 1.92 bits per heavy atom. The van der Waals surface area contributed by atoms with Crippen LogP contribution in [0.25, 0.3) is 21.8 Å². The Kier molecular flexibility index (Phi) is 4.54. The second-order valence-electron chi connectivity index (χ2n) is 6.52. The van der Waals surface area contributed by atoms with Crippen molar-refractivity contribution in [1.29, 1.82) is 0 Å². The van der Waals surface area contributed by atoms with E-state index in [4.69, 9.17) is 22.3 Å². The van der Waals surface area contributed by atoms with Gasteiger partial charge in [-0.2, -0.15) is 0 Å². The summed E-state index contributed by atoms with van der Waals surface area (Å²) in [5, 5.41) is 0.697. The molecule has 2 aromatic heterocycles. The van der Waals surface area contributed by atoms with E-state index in [-0.39, 0.29) is 0 Å². The molecular formula is C19H19ClN4S. The van der Waals surface area contributed by atoms with E-state index < -0.39 is 5.54 Å². The normalized spacial score (nSPS) is 16.7. The summed E-state index contributed by atoms with van der Waals surface area (Å²) in [7, 11) is 0. The Morgan fingerprint density at radius 1 is 1.08 bits per heavy atom. The Morgan fingerprint density at radius 3 is 2.72 bits per heavy atom. The van der Waals surface area contributed by atoms with E-state index in [1.54, 1.807) is 11.3 Å². The minimum Gasteiger partial charge on any atom is -0.319 e. The molecule has 6 heteroatoms. The van der Waals surface area contributed by atoms with Gasteiger partial charge in [-0.3, -0.25) is 0 Å². The molecule has 0 bridgehead atoms. The van der Waals surface area contributed by atoms with Crippen LogP contribution >= 0.6 is 22.9 Å². The van der Waals surface area contributed by atoms with Crippen LogP contribution in [-0.4, -0.2) is 15.0 Å². The summed E-state index contributed by atoms with van der Waals surface area (Å²) in [5.74, 6) is 0.746. The molecule has 0 radical (unpaired) electrons. The first kappa shape index (κ1) is 16.6. The van der Waals surface area contributed by atoms with Crippen LogP contribution in [0.3, 0.4) is 0 Å². The smallest absolute Gasteiger partial charge is 0.148 e. The molecule has 2 N–H and O–H groups in total. The van der Waals surface area contributed by atoms with Crippen LogP contribution in [0.5, 0.6) is 0 Å². The summed E-state index contributed by atoms with van der Waals surface area (Å²) in [4.78, 5) is 14.9. The lowest BCUT2D eigenvalue weighted by Gasteiger charge is -2.31. The highest BCUT2D eigenvalue weighted by molar-refractivity contribution is 7.13. The molecule has 0 amide bonds. The fourth-order valence-corrected chi connectivity index (χ4v) is 4.37. The number of hydrogen-bond donors (Lipinski definition) is 1. The Bertz CT molecular complexity index is 886. The van der Waals surface area contributed by atoms with E-state index in [1.807, 2.05) is 42.0 Å². The molecule has 1 aromatic carbocycles. The molecule has 4 nitrogen and oxygen atoms in total. The lowest BCUT2D eigenvalue weighted by molar-refractivity contribution is 0.287. The zero-order valence-corrected chi connectivity index (χ0v) is 15.4.